The molecule has 0 fully saturated rings. The van der Waals surface area contributed by atoms with Crippen molar-refractivity contribution < 1.29 is 4.79 Å². The second-order valence-electron chi connectivity index (χ2n) is 5.24. The predicted octanol–water partition coefficient (Wildman–Crippen LogP) is 2.90. The van der Waals surface area contributed by atoms with E-state index in [0.717, 1.165) is 33.3 Å². The van der Waals surface area contributed by atoms with Crippen LogP contribution < -0.4 is 5.32 Å². The fraction of sp³-hybridized carbons (Fsp3) is 0.312. The second-order valence-corrected chi connectivity index (χ2v) is 6.28. The molecule has 114 valence electrons. The van der Waals surface area contributed by atoms with Crippen molar-refractivity contribution in [3.05, 3.63) is 51.8 Å². The molecular weight excluding hydrogens is 296 g/mol. The molecule has 1 aromatic carbocycles. The Kier molecular flexibility index (Phi) is 3.94. The minimum atomic E-state index is -0.0831. The minimum Gasteiger partial charge on any atom is -0.346 e. The fourth-order valence-electron chi connectivity index (χ4n) is 2.25. The summed E-state index contributed by atoms with van der Waals surface area (Å²) < 4.78 is 1.84. The molecular formula is C16H18N4OS. The Bertz CT molecular complexity index is 817. The molecule has 2 aromatic heterocycles. The van der Waals surface area contributed by atoms with E-state index in [1.165, 1.54) is 0 Å². The lowest BCUT2D eigenvalue weighted by Gasteiger charge is -2.05. The second kappa shape index (κ2) is 5.88. The molecule has 0 radical (unpaired) electrons. The quantitative estimate of drug-likeness (QED) is 0.805. The smallest absolute Gasteiger partial charge is 0.251 e. The van der Waals surface area contributed by atoms with Gasteiger partial charge in [0.15, 0.2) is 0 Å². The van der Waals surface area contributed by atoms with Crippen LogP contribution in [-0.4, -0.2) is 20.5 Å². The number of aryl methyl sites for hydroxylation is 3. The number of amides is 1. The summed E-state index contributed by atoms with van der Waals surface area (Å²) in [6.07, 6.45) is 0.891. The van der Waals surface area contributed by atoms with Gasteiger partial charge in [-0.15, -0.1) is 0 Å². The lowest BCUT2D eigenvalue weighted by atomic mass is 10.1. The van der Waals surface area contributed by atoms with Crippen LogP contribution in [0.15, 0.2) is 24.3 Å². The van der Waals surface area contributed by atoms with Gasteiger partial charge in [-0.25, -0.2) is 9.50 Å². The first-order valence-electron chi connectivity index (χ1n) is 7.27. The van der Waals surface area contributed by atoms with Crippen LogP contribution in [0.4, 0.5) is 0 Å². The number of benzene rings is 1. The Morgan fingerprint density at radius 3 is 2.68 bits per heavy atom. The van der Waals surface area contributed by atoms with Gasteiger partial charge in [-0.3, -0.25) is 4.79 Å². The SMILES string of the molecule is CCc1nn2c(CNC(=O)c3ccc(C)cc3)c(C)nc2s1. The Morgan fingerprint density at radius 2 is 2.00 bits per heavy atom. The van der Waals surface area contributed by atoms with Gasteiger partial charge in [-0.05, 0) is 32.4 Å². The molecule has 0 atom stereocenters. The van der Waals surface area contributed by atoms with Gasteiger partial charge >= 0.3 is 0 Å². The summed E-state index contributed by atoms with van der Waals surface area (Å²) >= 11 is 1.59. The number of hydrogen-bond acceptors (Lipinski definition) is 4. The van der Waals surface area contributed by atoms with Gasteiger partial charge < -0.3 is 5.32 Å². The molecule has 0 bridgehead atoms. The van der Waals surface area contributed by atoms with Gasteiger partial charge in [-0.1, -0.05) is 36.0 Å². The van der Waals surface area contributed by atoms with Crippen molar-refractivity contribution in [1.29, 1.82) is 0 Å². The fourth-order valence-corrected chi connectivity index (χ4v) is 3.14. The first-order chi connectivity index (χ1) is 10.6. The van der Waals surface area contributed by atoms with Gasteiger partial charge in [0.25, 0.3) is 5.91 Å². The van der Waals surface area contributed by atoms with Crippen molar-refractivity contribution in [2.75, 3.05) is 0 Å². The van der Waals surface area contributed by atoms with Crippen molar-refractivity contribution >= 4 is 22.2 Å². The molecule has 0 aliphatic heterocycles. The zero-order valence-corrected chi connectivity index (χ0v) is 13.7. The normalized spacial score (nSPS) is 11.0. The van der Waals surface area contributed by atoms with Crippen LogP contribution in [0, 0.1) is 13.8 Å². The number of carbonyl (C=O) groups is 1. The van der Waals surface area contributed by atoms with Crippen molar-refractivity contribution in [2.24, 2.45) is 0 Å². The van der Waals surface area contributed by atoms with Crippen LogP contribution >= 0.6 is 11.3 Å². The summed E-state index contributed by atoms with van der Waals surface area (Å²) in [6.45, 7) is 6.44. The maximum absolute atomic E-state index is 12.2. The summed E-state index contributed by atoms with van der Waals surface area (Å²) in [5.41, 5.74) is 3.65. The highest BCUT2D eigenvalue weighted by Crippen LogP contribution is 2.19. The maximum Gasteiger partial charge on any atom is 0.251 e. The van der Waals surface area contributed by atoms with Gasteiger partial charge in [-0.2, -0.15) is 5.10 Å². The first-order valence-corrected chi connectivity index (χ1v) is 8.09. The Morgan fingerprint density at radius 1 is 1.27 bits per heavy atom. The van der Waals surface area contributed by atoms with Crippen LogP contribution in [0.5, 0.6) is 0 Å². The monoisotopic (exact) mass is 314 g/mol. The number of fused-ring (bicyclic) bond motifs is 1. The molecule has 0 aliphatic rings. The molecule has 1 N–H and O–H groups in total. The van der Waals surface area contributed by atoms with Crippen LogP contribution in [0.1, 0.15) is 39.2 Å². The minimum absolute atomic E-state index is 0.0831. The number of imidazole rings is 1. The van der Waals surface area contributed by atoms with E-state index in [1.54, 1.807) is 11.3 Å². The largest absolute Gasteiger partial charge is 0.346 e. The van der Waals surface area contributed by atoms with E-state index >= 15 is 0 Å². The summed E-state index contributed by atoms with van der Waals surface area (Å²) in [6, 6.07) is 7.54. The Hall–Kier alpha value is -2.21. The van der Waals surface area contributed by atoms with E-state index < -0.39 is 0 Å². The molecule has 0 aliphatic carbocycles. The number of hydrogen-bond donors (Lipinski definition) is 1. The maximum atomic E-state index is 12.2. The van der Waals surface area contributed by atoms with Crippen LogP contribution in [-0.2, 0) is 13.0 Å². The molecule has 0 saturated carbocycles. The predicted molar refractivity (Wildman–Crippen MR) is 87.3 cm³/mol. The van der Waals surface area contributed by atoms with E-state index in [-0.39, 0.29) is 5.91 Å². The van der Waals surface area contributed by atoms with Crippen molar-refractivity contribution in [3.8, 4) is 0 Å². The van der Waals surface area contributed by atoms with Crippen molar-refractivity contribution in [3.63, 3.8) is 0 Å². The molecule has 3 rings (SSSR count). The standard InChI is InChI=1S/C16H18N4OS/c1-4-14-19-20-13(11(3)18-16(20)22-14)9-17-15(21)12-7-5-10(2)6-8-12/h5-8H,4,9H2,1-3H3,(H,17,21). The molecule has 2 heterocycles. The van der Waals surface area contributed by atoms with E-state index in [0.29, 0.717) is 12.1 Å². The highest BCUT2D eigenvalue weighted by Gasteiger charge is 2.14. The zero-order chi connectivity index (χ0) is 15.7. The third-order valence-electron chi connectivity index (χ3n) is 3.57. The van der Waals surface area contributed by atoms with Crippen molar-refractivity contribution in [2.45, 2.75) is 33.7 Å². The van der Waals surface area contributed by atoms with E-state index in [2.05, 4.69) is 22.3 Å². The Balaban J connectivity index is 1.78. The van der Waals surface area contributed by atoms with E-state index in [4.69, 9.17) is 0 Å². The summed E-state index contributed by atoms with van der Waals surface area (Å²) in [4.78, 5) is 17.6. The van der Waals surface area contributed by atoms with Crippen LogP contribution in [0.3, 0.4) is 0 Å². The molecule has 0 saturated heterocycles. The number of carbonyl (C=O) groups excluding carboxylic acids is 1. The van der Waals surface area contributed by atoms with Crippen LogP contribution in [0.25, 0.3) is 4.96 Å². The number of nitrogens with zero attached hydrogens (tertiary/aromatic N) is 3. The van der Waals surface area contributed by atoms with E-state index in [1.807, 2.05) is 42.6 Å². The number of aromatic nitrogens is 3. The number of rotatable bonds is 4. The summed E-state index contributed by atoms with van der Waals surface area (Å²) in [7, 11) is 0. The number of nitrogens with one attached hydrogen (secondary N) is 1. The molecule has 6 heteroatoms. The molecule has 5 nitrogen and oxygen atoms in total. The van der Waals surface area contributed by atoms with Gasteiger partial charge in [0.1, 0.15) is 5.01 Å². The van der Waals surface area contributed by atoms with Gasteiger partial charge in [0, 0.05) is 5.56 Å². The van der Waals surface area contributed by atoms with Gasteiger partial charge in [0.05, 0.1) is 17.9 Å². The van der Waals surface area contributed by atoms with Crippen LogP contribution in [0.2, 0.25) is 0 Å². The molecule has 22 heavy (non-hydrogen) atoms. The third-order valence-corrected chi connectivity index (χ3v) is 4.62. The zero-order valence-electron chi connectivity index (χ0n) is 12.9. The Labute approximate surface area is 133 Å². The van der Waals surface area contributed by atoms with E-state index in [9.17, 15) is 4.79 Å². The van der Waals surface area contributed by atoms with Crippen molar-refractivity contribution in [1.82, 2.24) is 19.9 Å². The summed E-state index contributed by atoms with van der Waals surface area (Å²) in [5.74, 6) is -0.0831. The highest BCUT2D eigenvalue weighted by atomic mass is 32.1. The molecule has 0 spiro atoms. The third kappa shape index (κ3) is 2.74. The molecule has 3 aromatic rings. The molecule has 1 amide bonds. The lowest BCUT2D eigenvalue weighted by molar-refractivity contribution is 0.0950. The summed E-state index contributed by atoms with van der Waals surface area (Å²) in [5, 5.41) is 8.53. The average molecular weight is 314 g/mol. The molecule has 0 unspecified atom stereocenters. The highest BCUT2D eigenvalue weighted by molar-refractivity contribution is 7.16. The average Bonchev–Trinajstić information content (AvgIpc) is 3.02. The van der Waals surface area contributed by atoms with Gasteiger partial charge in [0.2, 0.25) is 4.96 Å². The lowest BCUT2D eigenvalue weighted by Crippen LogP contribution is -2.24. The first kappa shape index (κ1) is 14.7. The topological polar surface area (TPSA) is 59.3 Å².